The Hall–Kier alpha value is -3.44. The van der Waals surface area contributed by atoms with Gasteiger partial charge in [0.05, 0.1) is 30.8 Å². The van der Waals surface area contributed by atoms with E-state index in [4.69, 9.17) is 16.2 Å². The highest BCUT2D eigenvalue weighted by molar-refractivity contribution is 5.92. The predicted octanol–water partition coefficient (Wildman–Crippen LogP) is 1.36. The van der Waals surface area contributed by atoms with Crippen LogP contribution in [0.15, 0.2) is 30.5 Å². The van der Waals surface area contributed by atoms with Gasteiger partial charge in [-0.3, -0.25) is 14.6 Å². The number of ether oxygens (including phenoxy) is 1. The number of nitrogens with two attached hydrogens (primary N) is 2. The topological polar surface area (TPSA) is 182 Å². The van der Waals surface area contributed by atoms with Crippen LogP contribution in [0.2, 0.25) is 0 Å². The maximum atomic E-state index is 12.3. The fourth-order valence-electron chi connectivity index (χ4n) is 3.74. The number of unbranched alkanes of at least 4 members (excludes halogenated alkanes) is 1. The lowest BCUT2D eigenvalue weighted by Gasteiger charge is -2.19. The summed E-state index contributed by atoms with van der Waals surface area (Å²) in [5.74, 6) is -1.60. The van der Waals surface area contributed by atoms with E-state index in [9.17, 15) is 19.5 Å². The minimum atomic E-state index is -1.34. The third-order valence-corrected chi connectivity index (χ3v) is 5.76. The number of nitrogens with zero attached hydrogens (tertiary/aromatic N) is 1. The lowest BCUT2D eigenvalue weighted by molar-refractivity contribution is -0.143. The highest BCUT2D eigenvalue weighted by atomic mass is 16.5. The summed E-state index contributed by atoms with van der Waals surface area (Å²) in [6, 6.07) is 5.58. The lowest BCUT2D eigenvalue weighted by Crippen LogP contribution is -2.50. The maximum absolute atomic E-state index is 12.3. The van der Waals surface area contributed by atoms with E-state index in [0.717, 1.165) is 35.2 Å². The fourth-order valence-corrected chi connectivity index (χ4v) is 3.74. The average molecular weight is 503 g/mol. The van der Waals surface area contributed by atoms with Crippen molar-refractivity contribution < 1.29 is 24.2 Å². The van der Waals surface area contributed by atoms with Gasteiger partial charge in [-0.05, 0) is 51.3 Å². The first-order valence-electron chi connectivity index (χ1n) is 12.2. The standard InChI is InChI=1S/C25H38N6O5/c1-16(30-20-14-18(36-2)13-17-8-6-12-29-23(17)20)7-5-11-28-22(32)15-21(25(34)35)31-24(33)19(27)9-3-4-10-26/h6,8,12-14,16,19,21,30H,3-5,7,9-11,15,26-27H2,1-2H3,(H,28,32)(H,31,33)(H,34,35)/t16?,19-,21-/m0/s1. The van der Waals surface area contributed by atoms with Gasteiger partial charge in [0.2, 0.25) is 11.8 Å². The summed E-state index contributed by atoms with van der Waals surface area (Å²) >= 11 is 0. The van der Waals surface area contributed by atoms with E-state index in [1.165, 1.54) is 0 Å². The number of rotatable bonds is 16. The summed E-state index contributed by atoms with van der Waals surface area (Å²) in [5.41, 5.74) is 12.9. The molecule has 1 aromatic carbocycles. The minimum Gasteiger partial charge on any atom is -0.497 e. The van der Waals surface area contributed by atoms with Crippen molar-refractivity contribution in [3.63, 3.8) is 0 Å². The first kappa shape index (κ1) is 28.8. The normalized spacial score (nSPS) is 13.4. The van der Waals surface area contributed by atoms with Gasteiger partial charge >= 0.3 is 5.97 Å². The zero-order valence-electron chi connectivity index (χ0n) is 21.0. The summed E-state index contributed by atoms with van der Waals surface area (Å²) in [5, 5.41) is 18.9. The van der Waals surface area contributed by atoms with Crippen LogP contribution in [-0.4, -0.2) is 66.2 Å². The molecule has 1 aromatic heterocycles. The second kappa shape index (κ2) is 14.8. The van der Waals surface area contributed by atoms with Crippen LogP contribution in [0.25, 0.3) is 10.9 Å². The van der Waals surface area contributed by atoms with Crippen molar-refractivity contribution in [2.45, 2.75) is 63.6 Å². The maximum Gasteiger partial charge on any atom is 0.326 e. The molecule has 36 heavy (non-hydrogen) atoms. The molecule has 1 unspecified atom stereocenters. The third-order valence-electron chi connectivity index (χ3n) is 5.76. The first-order chi connectivity index (χ1) is 17.2. The Morgan fingerprint density at radius 1 is 1.17 bits per heavy atom. The number of hydrogen-bond donors (Lipinski definition) is 6. The van der Waals surface area contributed by atoms with Gasteiger partial charge in [-0.1, -0.05) is 12.5 Å². The van der Waals surface area contributed by atoms with E-state index in [2.05, 4.69) is 20.9 Å². The monoisotopic (exact) mass is 502 g/mol. The van der Waals surface area contributed by atoms with E-state index < -0.39 is 29.9 Å². The van der Waals surface area contributed by atoms with Crippen LogP contribution in [-0.2, 0) is 14.4 Å². The number of aliphatic carboxylic acids is 1. The second-order valence-corrected chi connectivity index (χ2v) is 8.78. The molecule has 0 spiro atoms. The quantitative estimate of drug-likeness (QED) is 0.185. The van der Waals surface area contributed by atoms with Crippen molar-refractivity contribution in [1.29, 1.82) is 0 Å². The zero-order chi connectivity index (χ0) is 26.5. The van der Waals surface area contributed by atoms with Crippen LogP contribution in [0.3, 0.4) is 0 Å². The van der Waals surface area contributed by atoms with E-state index >= 15 is 0 Å². The minimum absolute atomic E-state index is 0.0889. The largest absolute Gasteiger partial charge is 0.497 e. The number of aromatic nitrogens is 1. The summed E-state index contributed by atoms with van der Waals surface area (Å²) in [6.07, 6.45) is 4.59. The third kappa shape index (κ3) is 9.31. The molecule has 0 fully saturated rings. The summed E-state index contributed by atoms with van der Waals surface area (Å²) in [7, 11) is 1.62. The van der Waals surface area contributed by atoms with Gasteiger partial charge in [0.25, 0.3) is 0 Å². The number of carboxylic acids is 1. The smallest absolute Gasteiger partial charge is 0.326 e. The molecule has 198 valence electrons. The molecule has 0 radical (unpaired) electrons. The van der Waals surface area contributed by atoms with E-state index in [1.807, 2.05) is 31.2 Å². The Kier molecular flexibility index (Phi) is 11.9. The Labute approximate surface area is 211 Å². The summed E-state index contributed by atoms with van der Waals surface area (Å²) < 4.78 is 5.38. The average Bonchev–Trinajstić information content (AvgIpc) is 2.86. The molecule has 0 saturated carbocycles. The van der Waals surface area contributed by atoms with Crippen LogP contribution in [0.1, 0.15) is 45.4 Å². The second-order valence-electron chi connectivity index (χ2n) is 8.78. The predicted molar refractivity (Wildman–Crippen MR) is 139 cm³/mol. The Bertz CT molecular complexity index is 1020. The van der Waals surface area contributed by atoms with Gasteiger partial charge in [-0.15, -0.1) is 0 Å². The number of nitrogens with one attached hydrogen (secondary N) is 3. The number of carbonyl (C=O) groups is 3. The van der Waals surface area contributed by atoms with Gasteiger partial charge < -0.3 is 37.3 Å². The molecule has 0 bridgehead atoms. The number of fused-ring (bicyclic) bond motifs is 1. The SMILES string of the molecule is COc1cc(NC(C)CCCNC(=O)C[C@H](NC(=O)[C@@H](N)CCCCN)C(=O)O)c2ncccc2c1. The molecule has 8 N–H and O–H groups in total. The van der Waals surface area contributed by atoms with Gasteiger partial charge in [0.15, 0.2) is 0 Å². The number of carboxylic acid groups (broad SMARTS) is 1. The Balaban J connectivity index is 1.78. The number of amides is 2. The molecule has 0 aliphatic rings. The molecule has 0 saturated heterocycles. The van der Waals surface area contributed by atoms with Crippen molar-refractivity contribution in [3.8, 4) is 5.75 Å². The molecule has 11 nitrogen and oxygen atoms in total. The molecular weight excluding hydrogens is 464 g/mol. The van der Waals surface area contributed by atoms with Crippen molar-refractivity contribution in [2.24, 2.45) is 11.5 Å². The van der Waals surface area contributed by atoms with Crippen molar-refractivity contribution in [2.75, 3.05) is 25.5 Å². The van der Waals surface area contributed by atoms with Crippen molar-refractivity contribution >= 4 is 34.4 Å². The molecule has 2 amide bonds. The fraction of sp³-hybridized carbons (Fsp3) is 0.520. The van der Waals surface area contributed by atoms with Crippen LogP contribution >= 0.6 is 0 Å². The van der Waals surface area contributed by atoms with Crippen LogP contribution in [0, 0.1) is 0 Å². The Morgan fingerprint density at radius 3 is 2.64 bits per heavy atom. The van der Waals surface area contributed by atoms with Gasteiger partial charge in [0.1, 0.15) is 11.8 Å². The number of benzene rings is 1. The van der Waals surface area contributed by atoms with E-state index in [1.54, 1.807) is 13.3 Å². The molecule has 2 rings (SSSR count). The zero-order valence-corrected chi connectivity index (χ0v) is 21.0. The van der Waals surface area contributed by atoms with Gasteiger partial charge in [0, 0.05) is 30.2 Å². The van der Waals surface area contributed by atoms with Crippen molar-refractivity contribution in [1.82, 2.24) is 15.6 Å². The molecule has 0 aliphatic heterocycles. The van der Waals surface area contributed by atoms with E-state index in [0.29, 0.717) is 32.4 Å². The molecule has 1 heterocycles. The summed E-state index contributed by atoms with van der Waals surface area (Å²) in [6.45, 7) is 2.90. The molecular formula is C25H38N6O5. The van der Waals surface area contributed by atoms with E-state index in [-0.39, 0.29) is 12.5 Å². The lowest BCUT2D eigenvalue weighted by atomic mass is 10.1. The first-order valence-corrected chi connectivity index (χ1v) is 12.2. The number of pyridine rings is 1. The van der Waals surface area contributed by atoms with Gasteiger partial charge in [-0.2, -0.15) is 0 Å². The molecule has 11 heteroatoms. The number of hydrogen-bond acceptors (Lipinski definition) is 8. The number of carbonyl (C=O) groups excluding carboxylic acids is 2. The van der Waals surface area contributed by atoms with Crippen LogP contribution in [0.4, 0.5) is 5.69 Å². The highest BCUT2D eigenvalue weighted by Gasteiger charge is 2.25. The molecule has 0 aliphatic carbocycles. The number of methoxy groups -OCH3 is 1. The van der Waals surface area contributed by atoms with Crippen molar-refractivity contribution in [3.05, 3.63) is 30.5 Å². The van der Waals surface area contributed by atoms with Crippen LogP contribution in [0.5, 0.6) is 5.75 Å². The highest BCUT2D eigenvalue weighted by Crippen LogP contribution is 2.28. The van der Waals surface area contributed by atoms with Gasteiger partial charge in [-0.25, -0.2) is 4.79 Å². The summed E-state index contributed by atoms with van der Waals surface area (Å²) in [4.78, 5) is 40.4. The Morgan fingerprint density at radius 2 is 1.94 bits per heavy atom. The van der Waals surface area contributed by atoms with Crippen LogP contribution < -0.4 is 32.2 Å². The molecule has 2 aromatic rings. The molecule has 3 atom stereocenters. The number of anilines is 1.